The Hall–Kier alpha value is -3.09. The molecule has 7 heteroatoms. The summed E-state index contributed by atoms with van der Waals surface area (Å²) in [7, 11) is 3.21. The van der Waals surface area contributed by atoms with E-state index in [2.05, 4.69) is 4.98 Å². The van der Waals surface area contributed by atoms with E-state index in [0.29, 0.717) is 31.1 Å². The van der Waals surface area contributed by atoms with Crippen molar-refractivity contribution in [1.29, 1.82) is 0 Å². The van der Waals surface area contributed by atoms with Gasteiger partial charge in [-0.15, -0.1) is 0 Å². The molecule has 1 aliphatic rings. The van der Waals surface area contributed by atoms with E-state index in [-0.39, 0.29) is 18.4 Å². The molecule has 0 N–H and O–H groups in total. The van der Waals surface area contributed by atoms with Gasteiger partial charge in [-0.2, -0.15) is 0 Å². The number of amides is 2. The number of hydrogen-bond donors (Lipinski definition) is 0. The average Bonchev–Trinajstić information content (AvgIpc) is 2.72. The summed E-state index contributed by atoms with van der Waals surface area (Å²) in [6, 6.07) is 7.61. The summed E-state index contributed by atoms with van der Waals surface area (Å²) >= 11 is 0. The zero-order valence-corrected chi connectivity index (χ0v) is 16.5. The third-order valence-electron chi connectivity index (χ3n) is 4.94. The Kier molecular flexibility index (Phi) is 6.13. The fraction of sp³-hybridized carbons (Fsp3) is 0.381. The van der Waals surface area contributed by atoms with Crippen molar-refractivity contribution in [2.24, 2.45) is 0 Å². The second kappa shape index (κ2) is 8.73. The van der Waals surface area contributed by atoms with Gasteiger partial charge in [0.15, 0.2) is 11.5 Å². The standard InChI is InChI=1S/C21H25N3O4/c1-15(25)24(12-16-5-4-7-22-11-16)14-21(26)23-8-6-17-9-19(27-2)20(28-3)10-18(17)13-23/h4-5,7,9-11H,6,8,12-14H2,1-3H3. The van der Waals surface area contributed by atoms with Gasteiger partial charge in [0.1, 0.15) is 6.54 Å². The molecule has 28 heavy (non-hydrogen) atoms. The molecule has 0 fully saturated rings. The van der Waals surface area contributed by atoms with Crippen LogP contribution in [-0.4, -0.2) is 53.9 Å². The van der Waals surface area contributed by atoms with Gasteiger partial charge in [-0.05, 0) is 41.3 Å². The van der Waals surface area contributed by atoms with Gasteiger partial charge in [0.2, 0.25) is 11.8 Å². The molecule has 0 saturated heterocycles. The molecule has 0 saturated carbocycles. The fourth-order valence-electron chi connectivity index (χ4n) is 3.35. The molecule has 1 aliphatic heterocycles. The van der Waals surface area contributed by atoms with Crippen LogP contribution in [0.5, 0.6) is 11.5 Å². The van der Waals surface area contributed by atoms with E-state index in [1.54, 1.807) is 36.4 Å². The Morgan fingerprint density at radius 3 is 2.50 bits per heavy atom. The lowest BCUT2D eigenvalue weighted by molar-refractivity contribution is -0.140. The van der Waals surface area contributed by atoms with Gasteiger partial charge in [0.05, 0.1) is 14.2 Å². The third-order valence-corrected chi connectivity index (χ3v) is 4.94. The van der Waals surface area contributed by atoms with Crippen LogP contribution in [0.15, 0.2) is 36.7 Å². The molecule has 2 heterocycles. The highest BCUT2D eigenvalue weighted by Gasteiger charge is 2.25. The summed E-state index contributed by atoms with van der Waals surface area (Å²) in [5.41, 5.74) is 3.09. The summed E-state index contributed by atoms with van der Waals surface area (Å²) < 4.78 is 10.7. The number of aromatic nitrogens is 1. The van der Waals surface area contributed by atoms with Crippen LogP contribution in [0.25, 0.3) is 0 Å². The molecule has 7 nitrogen and oxygen atoms in total. The van der Waals surface area contributed by atoms with Crippen molar-refractivity contribution in [1.82, 2.24) is 14.8 Å². The first-order valence-electron chi connectivity index (χ1n) is 9.17. The molecule has 1 aromatic carbocycles. The number of ether oxygens (including phenoxy) is 2. The maximum Gasteiger partial charge on any atom is 0.242 e. The van der Waals surface area contributed by atoms with Crippen LogP contribution < -0.4 is 9.47 Å². The summed E-state index contributed by atoms with van der Waals surface area (Å²) in [5, 5.41) is 0. The second-order valence-electron chi connectivity index (χ2n) is 6.78. The van der Waals surface area contributed by atoms with E-state index in [1.807, 2.05) is 24.3 Å². The first-order valence-corrected chi connectivity index (χ1v) is 9.17. The molecule has 0 atom stereocenters. The van der Waals surface area contributed by atoms with Gasteiger partial charge in [-0.3, -0.25) is 14.6 Å². The topological polar surface area (TPSA) is 72.0 Å². The zero-order valence-electron chi connectivity index (χ0n) is 16.5. The monoisotopic (exact) mass is 383 g/mol. The quantitative estimate of drug-likeness (QED) is 0.763. The van der Waals surface area contributed by atoms with Crippen LogP contribution in [0.3, 0.4) is 0 Å². The Morgan fingerprint density at radius 2 is 1.89 bits per heavy atom. The fourth-order valence-corrected chi connectivity index (χ4v) is 3.35. The summed E-state index contributed by atoms with van der Waals surface area (Å²) in [6.07, 6.45) is 4.13. The van der Waals surface area contributed by atoms with Crippen LogP contribution in [0.2, 0.25) is 0 Å². The Bertz CT molecular complexity index is 854. The van der Waals surface area contributed by atoms with Crippen molar-refractivity contribution >= 4 is 11.8 Å². The molecule has 1 aromatic heterocycles. The van der Waals surface area contributed by atoms with Gasteiger partial charge in [0.25, 0.3) is 0 Å². The molecular weight excluding hydrogens is 358 g/mol. The summed E-state index contributed by atoms with van der Waals surface area (Å²) in [4.78, 5) is 32.3. The van der Waals surface area contributed by atoms with Crippen molar-refractivity contribution in [3.05, 3.63) is 53.3 Å². The summed E-state index contributed by atoms with van der Waals surface area (Å²) in [5.74, 6) is 1.14. The normalized spacial score (nSPS) is 12.9. The number of nitrogens with zero attached hydrogens (tertiary/aromatic N) is 3. The smallest absolute Gasteiger partial charge is 0.242 e. The van der Waals surface area contributed by atoms with Crippen LogP contribution in [-0.2, 0) is 29.1 Å². The second-order valence-corrected chi connectivity index (χ2v) is 6.78. The molecule has 148 valence electrons. The lowest BCUT2D eigenvalue weighted by atomic mass is 9.98. The highest BCUT2D eigenvalue weighted by molar-refractivity contribution is 5.84. The Morgan fingerprint density at radius 1 is 1.18 bits per heavy atom. The van der Waals surface area contributed by atoms with Crippen LogP contribution in [0, 0.1) is 0 Å². The number of hydrogen-bond acceptors (Lipinski definition) is 5. The minimum absolute atomic E-state index is 0.0485. The van der Waals surface area contributed by atoms with Crippen molar-refractivity contribution in [3.8, 4) is 11.5 Å². The van der Waals surface area contributed by atoms with Gasteiger partial charge >= 0.3 is 0 Å². The Balaban J connectivity index is 1.70. The average molecular weight is 383 g/mol. The molecular formula is C21H25N3O4. The van der Waals surface area contributed by atoms with Crippen molar-refractivity contribution in [3.63, 3.8) is 0 Å². The van der Waals surface area contributed by atoms with Crippen molar-refractivity contribution in [2.45, 2.75) is 26.4 Å². The molecule has 0 bridgehead atoms. The number of carbonyl (C=O) groups excluding carboxylic acids is 2. The molecule has 0 radical (unpaired) electrons. The molecule has 0 aliphatic carbocycles. The maximum atomic E-state index is 12.9. The molecule has 0 unspecified atom stereocenters. The maximum absolute atomic E-state index is 12.9. The lowest BCUT2D eigenvalue weighted by Crippen LogP contribution is -2.43. The number of benzene rings is 1. The van der Waals surface area contributed by atoms with Crippen LogP contribution in [0.4, 0.5) is 0 Å². The Labute approximate surface area is 164 Å². The van der Waals surface area contributed by atoms with Crippen molar-refractivity contribution < 1.29 is 19.1 Å². The highest BCUT2D eigenvalue weighted by Crippen LogP contribution is 2.33. The predicted octanol–water partition coefficient (Wildman–Crippen LogP) is 2.03. The third kappa shape index (κ3) is 4.42. The largest absolute Gasteiger partial charge is 0.493 e. The van der Waals surface area contributed by atoms with Crippen molar-refractivity contribution in [2.75, 3.05) is 27.3 Å². The van der Waals surface area contributed by atoms with E-state index in [4.69, 9.17) is 9.47 Å². The van der Waals surface area contributed by atoms with Gasteiger partial charge in [-0.25, -0.2) is 0 Å². The van der Waals surface area contributed by atoms with E-state index < -0.39 is 0 Å². The van der Waals surface area contributed by atoms with Gasteiger partial charge in [0, 0.05) is 39.0 Å². The number of pyridine rings is 1. The number of methoxy groups -OCH3 is 2. The minimum atomic E-state index is -0.138. The molecule has 2 aromatic rings. The molecule has 0 spiro atoms. The minimum Gasteiger partial charge on any atom is -0.493 e. The first kappa shape index (κ1) is 19.7. The number of fused-ring (bicyclic) bond motifs is 1. The van der Waals surface area contributed by atoms with E-state index in [1.165, 1.54) is 6.92 Å². The van der Waals surface area contributed by atoms with Gasteiger partial charge in [-0.1, -0.05) is 6.07 Å². The van der Waals surface area contributed by atoms with E-state index in [9.17, 15) is 9.59 Å². The van der Waals surface area contributed by atoms with Crippen LogP contribution >= 0.6 is 0 Å². The van der Waals surface area contributed by atoms with E-state index in [0.717, 1.165) is 23.1 Å². The van der Waals surface area contributed by atoms with E-state index >= 15 is 0 Å². The SMILES string of the molecule is COc1cc2c(cc1OC)CN(C(=O)CN(Cc1cccnc1)C(C)=O)CC2. The van der Waals surface area contributed by atoms with Gasteiger partial charge < -0.3 is 19.3 Å². The molecule has 2 amide bonds. The number of carbonyl (C=O) groups is 2. The van der Waals surface area contributed by atoms with Crippen LogP contribution in [0.1, 0.15) is 23.6 Å². The lowest BCUT2D eigenvalue weighted by Gasteiger charge is -2.31. The highest BCUT2D eigenvalue weighted by atomic mass is 16.5. The first-order chi connectivity index (χ1) is 13.5. The summed E-state index contributed by atoms with van der Waals surface area (Å²) in [6.45, 7) is 3.00. The predicted molar refractivity (Wildman–Crippen MR) is 104 cm³/mol. The molecule has 3 rings (SSSR count). The number of rotatable bonds is 6. The zero-order chi connectivity index (χ0) is 20.1.